The van der Waals surface area contributed by atoms with Crippen molar-refractivity contribution in [2.75, 3.05) is 12.4 Å². The van der Waals surface area contributed by atoms with Gasteiger partial charge < -0.3 is 15.3 Å². The highest BCUT2D eigenvalue weighted by molar-refractivity contribution is 6.35. The van der Waals surface area contributed by atoms with E-state index in [1.807, 2.05) is 0 Å². The van der Waals surface area contributed by atoms with Crippen LogP contribution >= 0.6 is 11.6 Å². The standard InChI is InChI=1S/C25H24ClF2N5O2/c1-14(25(2,3)34)30-24-29-13-15-12-20(21(32-35-4)16-8-5-6-9-17(16)26)33(23(15)31-24)22-18(27)10-7-11-19(22)28/h5-14,34H,1-4H3,(H,29,30,31). The average molecular weight is 500 g/mol. The molecule has 2 N–H and O–H groups in total. The Morgan fingerprint density at radius 2 is 1.86 bits per heavy atom. The first-order valence-electron chi connectivity index (χ1n) is 10.8. The first-order chi connectivity index (χ1) is 16.6. The van der Waals surface area contributed by atoms with E-state index in [2.05, 4.69) is 20.4 Å². The summed E-state index contributed by atoms with van der Waals surface area (Å²) in [5.41, 5.74) is -0.141. The third kappa shape index (κ3) is 4.82. The number of benzene rings is 2. The van der Waals surface area contributed by atoms with Gasteiger partial charge in [0.15, 0.2) is 5.65 Å². The smallest absolute Gasteiger partial charge is 0.224 e. The summed E-state index contributed by atoms with van der Waals surface area (Å²) in [6.07, 6.45) is 1.53. The van der Waals surface area contributed by atoms with E-state index in [0.717, 1.165) is 12.1 Å². The van der Waals surface area contributed by atoms with Gasteiger partial charge in [0.05, 0.1) is 22.4 Å². The molecule has 2 aromatic carbocycles. The second-order valence-corrected chi connectivity index (χ2v) is 8.94. The minimum atomic E-state index is -1.06. The number of rotatable bonds is 7. The summed E-state index contributed by atoms with van der Waals surface area (Å²) in [5.74, 6) is -1.41. The number of aliphatic hydroxyl groups is 1. The zero-order valence-corrected chi connectivity index (χ0v) is 20.3. The highest BCUT2D eigenvalue weighted by Gasteiger charge is 2.26. The Bertz CT molecular complexity index is 1390. The molecule has 0 radical (unpaired) electrons. The van der Waals surface area contributed by atoms with Gasteiger partial charge in [0.25, 0.3) is 0 Å². The Morgan fingerprint density at radius 1 is 1.17 bits per heavy atom. The van der Waals surface area contributed by atoms with Gasteiger partial charge in [0.1, 0.15) is 30.1 Å². The van der Waals surface area contributed by atoms with Crippen LogP contribution in [0.15, 0.2) is 59.9 Å². The molecule has 0 bridgehead atoms. The molecule has 0 aliphatic heterocycles. The van der Waals surface area contributed by atoms with Crippen molar-refractivity contribution in [3.63, 3.8) is 0 Å². The van der Waals surface area contributed by atoms with E-state index in [1.165, 1.54) is 23.9 Å². The molecule has 1 atom stereocenters. The maximum atomic E-state index is 15.1. The molecule has 2 heterocycles. The lowest BCUT2D eigenvalue weighted by molar-refractivity contribution is 0.0646. The van der Waals surface area contributed by atoms with Crippen LogP contribution in [0.2, 0.25) is 5.02 Å². The Kier molecular flexibility index (Phi) is 6.73. The highest BCUT2D eigenvalue weighted by Crippen LogP contribution is 2.31. The quantitative estimate of drug-likeness (QED) is 0.265. The number of aromatic nitrogens is 3. The molecule has 0 saturated heterocycles. The molecular weight excluding hydrogens is 476 g/mol. The number of para-hydroxylation sites is 1. The summed E-state index contributed by atoms with van der Waals surface area (Å²) in [7, 11) is 1.37. The number of oxime groups is 1. The van der Waals surface area contributed by atoms with Gasteiger partial charge in [-0.3, -0.25) is 4.57 Å². The lowest BCUT2D eigenvalue weighted by Crippen LogP contribution is -2.39. The number of halogens is 3. The number of anilines is 1. The first kappa shape index (κ1) is 24.6. The third-order valence-corrected chi connectivity index (χ3v) is 5.99. The van der Waals surface area contributed by atoms with Gasteiger partial charge in [-0.25, -0.2) is 13.8 Å². The molecule has 0 aliphatic carbocycles. The number of hydrogen-bond donors (Lipinski definition) is 2. The van der Waals surface area contributed by atoms with E-state index < -0.39 is 23.3 Å². The van der Waals surface area contributed by atoms with Crippen molar-refractivity contribution in [1.29, 1.82) is 0 Å². The van der Waals surface area contributed by atoms with Gasteiger partial charge in [-0.1, -0.05) is 41.0 Å². The Balaban J connectivity index is 2.02. The van der Waals surface area contributed by atoms with E-state index in [0.29, 0.717) is 21.7 Å². The van der Waals surface area contributed by atoms with Crippen LogP contribution in [0.4, 0.5) is 14.7 Å². The van der Waals surface area contributed by atoms with Gasteiger partial charge in [0, 0.05) is 17.1 Å². The number of nitrogens with zero attached hydrogens (tertiary/aromatic N) is 4. The van der Waals surface area contributed by atoms with Crippen LogP contribution < -0.4 is 5.32 Å². The van der Waals surface area contributed by atoms with E-state index in [9.17, 15) is 5.11 Å². The lowest BCUT2D eigenvalue weighted by Gasteiger charge is -2.26. The van der Waals surface area contributed by atoms with E-state index in [1.54, 1.807) is 51.1 Å². The monoisotopic (exact) mass is 499 g/mol. The van der Waals surface area contributed by atoms with Crippen molar-refractivity contribution < 1.29 is 18.7 Å². The molecule has 182 valence electrons. The largest absolute Gasteiger partial charge is 0.399 e. The van der Waals surface area contributed by atoms with Crippen LogP contribution in [0.5, 0.6) is 0 Å². The minimum Gasteiger partial charge on any atom is -0.399 e. The lowest BCUT2D eigenvalue weighted by atomic mass is 10.0. The molecule has 7 nitrogen and oxygen atoms in total. The zero-order chi connectivity index (χ0) is 25.3. The molecule has 0 fully saturated rings. The van der Waals surface area contributed by atoms with Gasteiger partial charge in [-0.15, -0.1) is 0 Å². The van der Waals surface area contributed by atoms with Gasteiger partial charge in [-0.05, 0) is 45.0 Å². The van der Waals surface area contributed by atoms with Crippen molar-refractivity contribution in [2.45, 2.75) is 32.4 Å². The summed E-state index contributed by atoms with van der Waals surface area (Å²) in [4.78, 5) is 13.9. The summed E-state index contributed by atoms with van der Waals surface area (Å²) >= 11 is 6.43. The second kappa shape index (κ2) is 9.59. The van der Waals surface area contributed by atoms with Crippen molar-refractivity contribution in [1.82, 2.24) is 14.5 Å². The molecule has 1 unspecified atom stereocenters. The molecule has 0 saturated carbocycles. The summed E-state index contributed by atoms with van der Waals surface area (Å²) < 4.78 is 31.5. The molecule has 4 aromatic rings. The molecule has 0 amide bonds. The number of hydrogen-bond acceptors (Lipinski definition) is 6. The number of fused-ring (bicyclic) bond motifs is 1. The van der Waals surface area contributed by atoms with Crippen LogP contribution in [-0.2, 0) is 4.84 Å². The molecule has 35 heavy (non-hydrogen) atoms. The fourth-order valence-corrected chi connectivity index (χ4v) is 3.74. The first-order valence-corrected chi connectivity index (χ1v) is 11.2. The minimum absolute atomic E-state index is 0.178. The van der Waals surface area contributed by atoms with E-state index in [4.69, 9.17) is 16.4 Å². The molecule has 0 spiro atoms. The maximum Gasteiger partial charge on any atom is 0.224 e. The molecule has 10 heteroatoms. The Morgan fingerprint density at radius 3 is 2.49 bits per heavy atom. The Hall–Kier alpha value is -3.56. The average Bonchev–Trinajstić information content (AvgIpc) is 3.15. The summed E-state index contributed by atoms with van der Waals surface area (Å²) in [6.45, 7) is 5.07. The third-order valence-electron chi connectivity index (χ3n) is 5.66. The Labute approximate surface area is 206 Å². The van der Waals surface area contributed by atoms with E-state index in [-0.39, 0.29) is 23.0 Å². The van der Waals surface area contributed by atoms with Crippen LogP contribution in [0, 0.1) is 11.6 Å². The fourth-order valence-electron chi connectivity index (χ4n) is 3.51. The summed E-state index contributed by atoms with van der Waals surface area (Å²) in [6, 6.07) is 11.8. The zero-order valence-electron chi connectivity index (χ0n) is 19.6. The number of nitrogens with one attached hydrogen (secondary N) is 1. The van der Waals surface area contributed by atoms with Crippen LogP contribution in [-0.4, -0.2) is 44.1 Å². The van der Waals surface area contributed by atoms with Crippen LogP contribution in [0.1, 0.15) is 32.0 Å². The van der Waals surface area contributed by atoms with Crippen LogP contribution in [0.25, 0.3) is 16.7 Å². The topological polar surface area (TPSA) is 84.6 Å². The van der Waals surface area contributed by atoms with Crippen LogP contribution in [0.3, 0.4) is 0 Å². The van der Waals surface area contributed by atoms with Crippen molar-refractivity contribution in [3.05, 3.63) is 82.6 Å². The van der Waals surface area contributed by atoms with Gasteiger partial charge >= 0.3 is 0 Å². The SMILES string of the molecule is CON=C(c1ccccc1Cl)c1cc2cnc(NC(C)C(C)(C)O)nc2n1-c1c(F)cccc1F. The van der Waals surface area contributed by atoms with Gasteiger partial charge in [0.2, 0.25) is 5.95 Å². The van der Waals surface area contributed by atoms with Crippen molar-refractivity contribution >= 4 is 34.3 Å². The van der Waals surface area contributed by atoms with Crippen molar-refractivity contribution in [2.24, 2.45) is 5.16 Å². The fraction of sp³-hybridized carbons (Fsp3) is 0.240. The predicted molar refractivity (Wildman–Crippen MR) is 132 cm³/mol. The maximum absolute atomic E-state index is 15.1. The van der Waals surface area contributed by atoms with Gasteiger partial charge in [-0.2, -0.15) is 4.98 Å². The molecular formula is C25H24ClF2N5O2. The highest BCUT2D eigenvalue weighted by atomic mass is 35.5. The summed E-state index contributed by atoms with van der Waals surface area (Å²) in [5, 5.41) is 18.3. The normalized spacial score (nSPS) is 13.2. The van der Waals surface area contributed by atoms with Crippen molar-refractivity contribution in [3.8, 4) is 5.69 Å². The molecule has 0 aliphatic rings. The molecule has 4 rings (SSSR count). The second-order valence-electron chi connectivity index (χ2n) is 8.53. The predicted octanol–water partition coefficient (Wildman–Crippen LogP) is 5.32. The van der Waals surface area contributed by atoms with E-state index >= 15 is 8.78 Å². The molecule has 2 aromatic heterocycles.